The summed E-state index contributed by atoms with van der Waals surface area (Å²) >= 11 is 0. The van der Waals surface area contributed by atoms with E-state index in [1.807, 2.05) is 24.3 Å². The number of anilines is 1. The zero-order valence-corrected chi connectivity index (χ0v) is 18.3. The van der Waals surface area contributed by atoms with Gasteiger partial charge in [0.1, 0.15) is 11.4 Å². The summed E-state index contributed by atoms with van der Waals surface area (Å²) in [6.07, 6.45) is 2.16. The topological polar surface area (TPSA) is 85.2 Å². The fraction of sp³-hybridized carbons (Fsp3) is 0.120. The molecule has 4 aromatic rings. The molecular formula is C25H22N2O4S. The highest BCUT2D eigenvalue weighted by Gasteiger charge is 2.24. The van der Waals surface area contributed by atoms with Crippen molar-refractivity contribution >= 4 is 32.3 Å². The number of hydrogen-bond donors (Lipinski definition) is 1. The van der Waals surface area contributed by atoms with E-state index in [0.29, 0.717) is 11.2 Å². The number of aromatic nitrogens is 1. The SMILES string of the molecule is CCc1ccc(NC(=O)Cn2cc(S(=O)(=O)c3ccccc3)c(=O)c3ccccc32)cc1. The van der Waals surface area contributed by atoms with Gasteiger partial charge in [-0.2, -0.15) is 0 Å². The molecule has 32 heavy (non-hydrogen) atoms. The van der Waals surface area contributed by atoms with E-state index in [0.717, 1.165) is 12.0 Å². The van der Waals surface area contributed by atoms with Crippen molar-refractivity contribution in [3.05, 3.63) is 101 Å². The fourth-order valence-electron chi connectivity index (χ4n) is 3.55. The summed E-state index contributed by atoms with van der Waals surface area (Å²) < 4.78 is 27.8. The van der Waals surface area contributed by atoms with Crippen LogP contribution in [0.4, 0.5) is 5.69 Å². The van der Waals surface area contributed by atoms with Crippen molar-refractivity contribution < 1.29 is 13.2 Å². The summed E-state index contributed by atoms with van der Waals surface area (Å²) in [7, 11) is -4.05. The van der Waals surface area contributed by atoms with Crippen molar-refractivity contribution in [3.8, 4) is 0 Å². The molecule has 0 spiro atoms. The van der Waals surface area contributed by atoms with Gasteiger partial charge in [-0.15, -0.1) is 0 Å². The number of nitrogens with one attached hydrogen (secondary N) is 1. The lowest BCUT2D eigenvalue weighted by molar-refractivity contribution is -0.116. The van der Waals surface area contributed by atoms with E-state index in [-0.39, 0.29) is 27.6 Å². The molecule has 1 heterocycles. The van der Waals surface area contributed by atoms with Crippen LogP contribution in [0.15, 0.2) is 99.6 Å². The third-order valence-corrected chi connectivity index (χ3v) is 7.02. The van der Waals surface area contributed by atoms with Crippen LogP contribution in [0.5, 0.6) is 0 Å². The first kappa shape index (κ1) is 21.5. The molecule has 1 N–H and O–H groups in total. The van der Waals surface area contributed by atoms with Crippen LogP contribution in [-0.4, -0.2) is 18.9 Å². The van der Waals surface area contributed by atoms with E-state index < -0.39 is 15.3 Å². The number of pyridine rings is 1. The first-order valence-corrected chi connectivity index (χ1v) is 11.7. The second-order valence-electron chi connectivity index (χ2n) is 7.38. The van der Waals surface area contributed by atoms with E-state index in [9.17, 15) is 18.0 Å². The average molecular weight is 447 g/mol. The lowest BCUT2D eigenvalue weighted by atomic mass is 10.1. The number of nitrogens with zero attached hydrogens (tertiary/aromatic N) is 1. The fourth-order valence-corrected chi connectivity index (χ4v) is 4.94. The molecule has 0 aliphatic heterocycles. The zero-order valence-electron chi connectivity index (χ0n) is 17.5. The maximum atomic E-state index is 13.2. The molecule has 0 radical (unpaired) electrons. The van der Waals surface area contributed by atoms with Crippen LogP contribution in [0.1, 0.15) is 12.5 Å². The summed E-state index contributed by atoms with van der Waals surface area (Å²) in [6, 6.07) is 22.0. The summed E-state index contributed by atoms with van der Waals surface area (Å²) in [4.78, 5) is 25.4. The number of carbonyl (C=O) groups excluding carboxylic acids is 1. The monoisotopic (exact) mass is 446 g/mol. The molecule has 1 amide bonds. The average Bonchev–Trinajstić information content (AvgIpc) is 2.82. The highest BCUT2D eigenvalue weighted by Crippen LogP contribution is 2.21. The molecule has 7 heteroatoms. The van der Waals surface area contributed by atoms with Gasteiger partial charge < -0.3 is 9.88 Å². The Hall–Kier alpha value is -3.71. The minimum absolute atomic E-state index is 0.0272. The van der Waals surface area contributed by atoms with E-state index in [2.05, 4.69) is 12.2 Å². The van der Waals surface area contributed by atoms with Crippen LogP contribution in [-0.2, 0) is 27.6 Å². The Kier molecular flexibility index (Phi) is 5.92. The standard InChI is InChI=1S/C25H22N2O4S/c1-2-18-12-14-19(15-13-18)26-24(28)17-27-16-23(25(29)21-10-6-7-11-22(21)27)32(30,31)20-8-4-3-5-9-20/h3-16H,2,17H2,1H3,(H,26,28). The number of fused-ring (bicyclic) bond motifs is 1. The molecule has 0 saturated carbocycles. The largest absolute Gasteiger partial charge is 0.336 e. The molecule has 3 aromatic carbocycles. The van der Waals surface area contributed by atoms with Crippen molar-refractivity contribution in [2.45, 2.75) is 29.7 Å². The zero-order chi connectivity index (χ0) is 22.7. The normalized spacial score (nSPS) is 11.4. The Balaban J connectivity index is 1.75. The highest BCUT2D eigenvalue weighted by molar-refractivity contribution is 7.91. The Morgan fingerprint density at radius 2 is 1.56 bits per heavy atom. The van der Waals surface area contributed by atoms with Crippen LogP contribution >= 0.6 is 0 Å². The molecule has 0 fully saturated rings. The molecule has 0 aliphatic rings. The molecule has 4 rings (SSSR count). The molecule has 162 valence electrons. The van der Waals surface area contributed by atoms with Crippen LogP contribution in [0.25, 0.3) is 10.9 Å². The maximum absolute atomic E-state index is 13.2. The quantitative estimate of drug-likeness (QED) is 0.485. The third kappa shape index (κ3) is 4.20. The number of aryl methyl sites for hydroxylation is 1. The first-order valence-electron chi connectivity index (χ1n) is 10.2. The smallest absolute Gasteiger partial charge is 0.244 e. The number of hydrogen-bond acceptors (Lipinski definition) is 4. The van der Waals surface area contributed by atoms with E-state index in [4.69, 9.17) is 0 Å². The highest BCUT2D eigenvalue weighted by atomic mass is 32.2. The van der Waals surface area contributed by atoms with Gasteiger partial charge in [0.2, 0.25) is 21.2 Å². The summed E-state index contributed by atoms with van der Waals surface area (Å²) in [6.45, 7) is 1.91. The molecule has 0 bridgehead atoms. The number of rotatable bonds is 6. The summed E-state index contributed by atoms with van der Waals surface area (Å²) in [5.41, 5.74) is 1.71. The molecule has 0 saturated heterocycles. The molecule has 6 nitrogen and oxygen atoms in total. The van der Waals surface area contributed by atoms with Gasteiger partial charge in [0, 0.05) is 17.3 Å². The second-order valence-corrected chi connectivity index (χ2v) is 9.30. The van der Waals surface area contributed by atoms with Crippen LogP contribution in [0.3, 0.4) is 0 Å². The second kappa shape index (κ2) is 8.80. The van der Waals surface area contributed by atoms with Crippen molar-refractivity contribution in [1.29, 1.82) is 0 Å². The lowest BCUT2D eigenvalue weighted by Gasteiger charge is -2.14. The van der Waals surface area contributed by atoms with Gasteiger partial charge in [0.15, 0.2) is 0 Å². The van der Waals surface area contributed by atoms with E-state index in [1.165, 1.54) is 22.9 Å². The van der Waals surface area contributed by atoms with Gasteiger partial charge in [0.25, 0.3) is 0 Å². The minimum atomic E-state index is -4.05. The molecule has 0 aliphatic carbocycles. The third-order valence-electron chi connectivity index (χ3n) is 5.26. The lowest BCUT2D eigenvalue weighted by Crippen LogP contribution is -2.23. The Morgan fingerprint density at radius 1 is 0.906 bits per heavy atom. The molecule has 0 unspecified atom stereocenters. The van der Waals surface area contributed by atoms with E-state index in [1.54, 1.807) is 42.5 Å². The van der Waals surface area contributed by atoms with Gasteiger partial charge in [-0.3, -0.25) is 9.59 Å². The van der Waals surface area contributed by atoms with Gasteiger partial charge in [-0.05, 0) is 48.4 Å². The van der Waals surface area contributed by atoms with Crippen molar-refractivity contribution in [1.82, 2.24) is 4.57 Å². The van der Waals surface area contributed by atoms with Gasteiger partial charge in [-0.1, -0.05) is 49.4 Å². The maximum Gasteiger partial charge on any atom is 0.244 e. The van der Waals surface area contributed by atoms with Gasteiger partial charge in [-0.25, -0.2) is 8.42 Å². The number of benzene rings is 3. The van der Waals surface area contributed by atoms with Crippen molar-refractivity contribution in [2.75, 3.05) is 5.32 Å². The predicted octanol–water partition coefficient (Wildman–Crippen LogP) is 4.04. The van der Waals surface area contributed by atoms with Crippen LogP contribution in [0, 0.1) is 0 Å². The number of amides is 1. The number of sulfone groups is 1. The van der Waals surface area contributed by atoms with Crippen LogP contribution in [0.2, 0.25) is 0 Å². The van der Waals surface area contributed by atoms with Crippen LogP contribution < -0.4 is 10.7 Å². The first-order chi connectivity index (χ1) is 15.4. The minimum Gasteiger partial charge on any atom is -0.336 e. The predicted molar refractivity (Wildman–Crippen MR) is 125 cm³/mol. The van der Waals surface area contributed by atoms with Gasteiger partial charge >= 0.3 is 0 Å². The number of carbonyl (C=O) groups is 1. The molecular weight excluding hydrogens is 424 g/mol. The van der Waals surface area contributed by atoms with Crippen molar-refractivity contribution in [2.24, 2.45) is 0 Å². The summed E-state index contributed by atoms with van der Waals surface area (Å²) in [5, 5.41) is 3.06. The van der Waals surface area contributed by atoms with Gasteiger partial charge in [0.05, 0.1) is 10.4 Å². The Bertz CT molecular complexity index is 1440. The van der Waals surface area contributed by atoms with E-state index >= 15 is 0 Å². The molecule has 1 aromatic heterocycles. The Morgan fingerprint density at radius 3 is 2.25 bits per heavy atom. The Labute approximate surface area is 186 Å². The number of para-hydroxylation sites is 1. The summed E-state index contributed by atoms with van der Waals surface area (Å²) in [5.74, 6) is -0.328. The van der Waals surface area contributed by atoms with Crippen molar-refractivity contribution in [3.63, 3.8) is 0 Å². The molecule has 0 atom stereocenters.